The van der Waals surface area contributed by atoms with E-state index in [9.17, 15) is 0 Å². The van der Waals surface area contributed by atoms with Crippen LogP contribution in [0.3, 0.4) is 0 Å². The molecule has 1 unspecified atom stereocenters. The van der Waals surface area contributed by atoms with Crippen LogP contribution in [0.25, 0.3) is 0 Å². The third-order valence-electron chi connectivity index (χ3n) is 2.92. The van der Waals surface area contributed by atoms with Crippen molar-refractivity contribution in [2.24, 2.45) is 5.73 Å². The molecule has 1 aliphatic heterocycles. The lowest BCUT2D eigenvalue weighted by atomic mass is 10.1. The summed E-state index contributed by atoms with van der Waals surface area (Å²) in [6.07, 6.45) is -0.124. The molecule has 4 nitrogen and oxygen atoms in total. The third kappa shape index (κ3) is 3.00. The maximum atomic E-state index is 9.14. The number of benzene rings is 1. The second-order valence-corrected chi connectivity index (χ2v) is 5.45. The number of nitrogens with zero attached hydrogens (tertiary/aromatic N) is 1. The topological polar surface area (TPSA) is 58.7 Å². The number of aliphatic hydroxyl groups is 1. The molecule has 1 saturated heterocycles. The van der Waals surface area contributed by atoms with Crippen molar-refractivity contribution in [3.05, 3.63) is 28.2 Å². The number of rotatable bonds is 3. The first-order valence-electron chi connectivity index (χ1n) is 5.68. The molecule has 1 fully saturated rings. The lowest BCUT2D eigenvalue weighted by molar-refractivity contribution is 0.00353. The van der Waals surface area contributed by atoms with Crippen LogP contribution < -0.4 is 10.6 Å². The molecule has 98 valence electrons. The van der Waals surface area contributed by atoms with E-state index >= 15 is 0 Å². The number of aliphatic hydroxyl groups excluding tert-OH is 1. The van der Waals surface area contributed by atoms with Gasteiger partial charge in [0.05, 0.1) is 25.0 Å². The molecule has 1 aliphatic rings. The van der Waals surface area contributed by atoms with E-state index in [1.807, 2.05) is 18.2 Å². The average molecular weight is 331 g/mol. The van der Waals surface area contributed by atoms with Crippen LogP contribution in [0.1, 0.15) is 5.56 Å². The quantitative estimate of drug-likeness (QED) is 0.817. The molecule has 18 heavy (non-hydrogen) atoms. The van der Waals surface area contributed by atoms with Crippen molar-refractivity contribution in [3.8, 4) is 0 Å². The Bertz CT molecular complexity index is 456. The fourth-order valence-corrected chi connectivity index (χ4v) is 2.72. The van der Waals surface area contributed by atoms with E-state index in [4.69, 9.17) is 27.8 Å². The number of nitrogens with two attached hydrogens (primary N) is 1. The van der Waals surface area contributed by atoms with Crippen LogP contribution in [0.5, 0.6) is 0 Å². The zero-order valence-corrected chi connectivity index (χ0v) is 12.2. The third-order valence-corrected chi connectivity index (χ3v) is 3.79. The van der Waals surface area contributed by atoms with Gasteiger partial charge in [-0.25, -0.2) is 0 Å². The Balaban J connectivity index is 2.20. The number of morpholine rings is 1. The number of hydrogen-bond acceptors (Lipinski definition) is 4. The van der Waals surface area contributed by atoms with Crippen LogP contribution in [0, 0.1) is 0 Å². The minimum Gasteiger partial charge on any atom is -0.394 e. The lowest BCUT2D eigenvalue weighted by Gasteiger charge is -2.34. The van der Waals surface area contributed by atoms with Crippen molar-refractivity contribution in [2.75, 3.05) is 31.2 Å². The summed E-state index contributed by atoms with van der Waals surface area (Å²) in [4.78, 5) is 2.56. The average Bonchev–Trinajstić information content (AvgIpc) is 2.38. The van der Waals surface area contributed by atoms with Crippen molar-refractivity contribution in [1.82, 2.24) is 0 Å². The minimum atomic E-state index is -0.124. The van der Waals surface area contributed by atoms with Gasteiger partial charge < -0.3 is 20.5 Å². The molecule has 0 spiro atoms. The minimum absolute atomic E-state index is 0.0408. The van der Waals surface area contributed by atoms with E-state index in [0.29, 0.717) is 18.1 Å². The fourth-order valence-electron chi connectivity index (χ4n) is 1.97. The summed E-state index contributed by atoms with van der Waals surface area (Å²) in [5.74, 6) is 0. The standard InChI is InChI=1S/C12H15BrN2O2S/c13-10-5-8(12(14)18)1-2-11(10)15-3-4-17-9(6-15)7-16/h1-2,5,9,16H,3-4,6-7H2,(H2,14,18). The summed E-state index contributed by atoms with van der Waals surface area (Å²) in [5, 5.41) is 9.14. The maximum absolute atomic E-state index is 9.14. The normalized spacial score (nSPS) is 19.9. The van der Waals surface area contributed by atoms with Gasteiger partial charge in [0.2, 0.25) is 0 Å². The zero-order chi connectivity index (χ0) is 13.1. The van der Waals surface area contributed by atoms with E-state index in [0.717, 1.165) is 22.3 Å². The largest absolute Gasteiger partial charge is 0.394 e. The summed E-state index contributed by atoms with van der Waals surface area (Å²) < 4.78 is 6.38. The molecular formula is C12H15BrN2O2S. The molecule has 1 aromatic carbocycles. The monoisotopic (exact) mass is 330 g/mol. The molecule has 6 heteroatoms. The van der Waals surface area contributed by atoms with E-state index < -0.39 is 0 Å². The predicted molar refractivity (Wildman–Crippen MR) is 79.1 cm³/mol. The summed E-state index contributed by atoms with van der Waals surface area (Å²) in [6, 6.07) is 5.81. The van der Waals surface area contributed by atoms with E-state index in [2.05, 4.69) is 20.8 Å². The van der Waals surface area contributed by atoms with Gasteiger partial charge in [0.25, 0.3) is 0 Å². The first-order valence-corrected chi connectivity index (χ1v) is 6.88. The molecule has 1 aromatic rings. The Morgan fingerprint density at radius 3 is 3.00 bits per heavy atom. The lowest BCUT2D eigenvalue weighted by Crippen LogP contribution is -2.44. The van der Waals surface area contributed by atoms with Gasteiger partial charge in [0, 0.05) is 23.1 Å². The molecule has 0 saturated carbocycles. The van der Waals surface area contributed by atoms with Gasteiger partial charge in [-0.15, -0.1) is 0 Å². The number of halogens is 1. The highest BCUT2D eigenvalue weighted by Gasteiger charge is 2.21. The Morgan fingerprint density at radius 2 is 2.39 bits per heavy atom. The molecule has 0 bridgehead atoms. The maximum Gasteiger partial charge on any atom is 0.104 e. The zero-order valence-electron chi connectivity index (χ0n) is 9.80. The highest BCUT2D eigenvalue weighted by molar-refractivity contribution is 9.10. The van der Waals surface area contributed by atoms with Crippen molar-refractivity contribution in [2.45, 2.75) is 6.10 Å². The Labute approximate surface area is 120 Å². The molecule has 3 N–H and O–H groups in total. The molecule has 0 aromatic heterocycles. The van der Waals surface area contributed by atoms with Crippen LogP contribution in [-0.4, -0.2) is 42.5 Å². The summed E-state index contributed by atoms with van der Waals surface area (Å²) in [7, 11) is 0. The molecule has 1 heterocycles. The van der Waals surface area contributed by atoms with Crippen molar-refractivity contribution >= 4 is 38.8 Å². The van der Waals surface area contributed by atoms with E-state index in [1.54, 1.807) is 0 Å². The van der Waals surface area contributed by atoms with Gasteiger partial charge in [0.15, 0.2) is 0 Å². The van der Waals surface area contributed by atoms with Gasteiger partial charge in [-0.3, -0.25) is 0 Å². The molecule has 0 radical (unpaired) electrons. The fraction of sp³-hybridized carbons (Fsp3) is 0.417. The summed E-state index contributed by atoms with van der Waals surface area (Å²) in [5.41, 5.74) is 7.51. The van der Waals surface area contributed by atoms with Gasteiger partial charge in [0.1, 0.15) is 4.99 Å². The first kappa shape index (κ1) is 13.7. The first-order chi connectivity index (χ1) is 8.61. The van der Waals surface area contributed by atoms with Crippen LogP contribution >= 0.6 is 28.1 Å². The second kappa shape index (κ2) is 5.97. The van der Waals surface area contributed by atoms with E-state index in [-0.39, 0.29) is 12.7 Å². The van der Waals surface area contributed by atoms with Gasteiger partial charge >= 0.3 is 0 Å². The molecule has 1 atom stereocenters. The highest BCUT2D eigenvalue weighted by Crippen LogP contribution is 2.28. The smallest absolute Gasteiger partial charge is 0.104 e. The Hall–Kier alpha value is -0.690. The molecular weight excluding hydrogens is 316 g/mol. The van der Waals surface area contributed by atoms with Gasteiger partial charge in [-0.1, -0.05) is 12.2 Å². The summed E-state index contributed by atoms with van der Waals surface area (Å²) >= 11 is 8.48. The van der Waals surface area contributed by atoms with Crippen LogP contribution in [0.15, 0.2) is 22.7 Å². The van der Waals surface area contributed by atoms with Gasteiger partial charge in [-0.05, 0) is 34.1 Å². The molecule has 0 amide bonds. The summed E-state index contributed by atoms with van der Waals surface area (Å²) in [6.45, 7) is 2.15. The number of anilines is 1. The van der Waals surface area contributed by atoms with Crippen molar-refractivity contribution < 1.29 is 9.84 Å². The van der Waals surface area contributed by atoms with Crippen molar-refractivity contribution in [3.63, 3.8) is 0 Å². The van der Waals surface area contributed by atoms with Crippen LogP contribution in [0.4, 0.5) is 5.69 Å². The van der Waals surface area contributed by atoms with Crippen molar-refractivity contribution in [1.29, 1.82) is 0 Å². The predicted octanol–water partition coefficient (Wildman–Crippen LogP) is 1.28. The molecule has 2 rings (SSSR count). The molecule has 0 aliphatic carbocycles. The highest BCUT2D eigenvalue weighted by atomic mass is 79.9. The second-order valence-electron chi connectivity index (χ2n) is 4.15. The number of ether oxygens (including phenoxy) is 1. The number of hydrogen-bond donors (Lipinski definition) is 2. The van der Waals surface area contributed by atoms with E-state index in [1.165, 1.54) is 0 Å². The van der Waals surface area contributed by atoms with Crippen LogP contribution in [-0.2, 0) is 4.74 Å². The van der Waals surface area contributed by atoms with Crippen LogP contribution in [0.2, 0.25) is 0 Å². The Kier molecular flexibility index (Phi) is 4.55. The SMILES string of the molecule is NC(=S)c1ccc(N2CCOC(CO)C2)c(Br)c1. The van der Waals surface area contributed by atoms with Gasteiger partial charge in [-0.2, -0.15) is 0 Å². The Morgan fingerprint density at radius 1 is 1.61 bits per heavy atom. The number of thiocarbonyl (C=S) groups is 1.